The number of rotatable bonds is 4. The van der Waals surface area contributed by atoms with Gasteiger partial charge in [-0.2, -0.15) is 5.10 Å². The number of nitro benzene ring substituents is 1. The quantitative estimate of drug-likeness (QED) is 0.273. The van der Waals surface area contributed by atoms with Crippen molar-refractivity contribution in [3.05, 3.63) is 94.5 Å². The van der Waals surface area contributed by atoms with Gasteiger partial charge in [-0.05, 0) is 46.2 Å². The maximum Gasteiger partial charge on any atom is 0.271 e. The Morgan fingerprint density at radius 2 is 1.81 bits per heavy atom. The summed E-state index contributed by atoms with van der Waals surface area (Å²) in [6, 6.07) is 23.0. The number of hydrogen-bond acceptors (Lipinski definition) is 5. The lowest BCUT2D eigenvalue weighted by Gasteiger charge is -2.10. The highest BCUT2D eigenvalue weighted by atomic mass is 16.6. The van der Waals surface area contributed by atoms with E-state index < -0.39 is 4.92 Å². The fourth-order valence-corrected chi connectivity index (χ4v) is 3.88. The number of anilines is 2. The van der Waals surface area contributed by atoms with Crippen LogP contribution in [0.3, 0.4) is 0 Å². The van der Waals surface area contributed by atoms with E-state index in [9.17, 15) is 14.9 Å². The number of carbonyl (C=O) groups excluding carboxylic acids is 1. The zero-order chi connectivity index (χ0) is 22.2. The fourth-order valence-electron chi connectivity index (χ4n) is 3.88. The topological polar surface area (TPSA) is 127 Å². The van der Waals surface area contributed by atoms with Crippen molar-refractivity contribution in [3.63, 3.8) is 0 Å². The lowest BCUT2D eigenvalue weighted by molar-refractivity contribution is -0.384. The van der Waals surface area contributed by atoms with Gasteiger partial charge in [0.05, 0.1) is 15.8 Å². The van der Waals surface area contributed by atoms with Crippen molar-refractivity contribution >= 4 is 44.8 Å². The first kappa shape index (κ1) is 19.3. The molecule has 32 heavy (non-hydrogen) atoms. The molecule has 0 saturated heterocycles. The number of aromatic amines is 1. The molecule has 0 unspecified atom stereocenters. The molecule has 0 aliphatic rings. The number of nitrogens with zero attached hydrogens (tertiary/aromatic N) is 2. The van der Waals surface area contributed by atoms with Gasteiger partial charge in [0.1, 0.15) is 0 Å². The molecule has 0 aliphatic carbocycles. The summed E-state index contributed by atoms with van der Waals surface area (Å²) in [5.41, 5.74) is 9.56. The predicted octanol–water partition coefficient (Wildman–Crippen LogP) is 5.13. The first-order chi connectivity index (χ1) is 15.5. The van der Waals surface area contributed by atoms with E-state index in [-0.39, 0.29) is 11.6 Å². The Balaban J connectivity index is 1.53. The van der Waals surface area contributed by atoms with E-state index in [0.29, 0.717) is 17.1 Å². The Bertz CT molecular complexity index is 1520. The number of aromatic nitrogens is 2. The van der Waals surface area contributed by atoms with Crippen LogP contribution in [0, 0.1) is 10.1 Å². The average molecular weight is 423 g/mol. The van der Waals surface area contributed by atoms with Crippen LogP contribution in [-0.2, 0) is 0 Å². The highest BCUT2D eigenvalue weighted by molar-refractivity contribution is 6.13. The lowest BCUT2D eigenvalue weighted by atomic mass is 9.96. The van der Waals surface area contributed by atoms with Gasteiger partial charge < -0.3 is 11.1 Å². The second-order valence-corrected chi connectivity index (χ2v) is 7.34. The van der Waals surface area contributed by atoms with E-state index in [1.54, 1.807) is 18.2 Å². The van der Waals surface area contributed by atoms with E-state index in [0.717, 1.165) is 32.8 Å². The molecule has 0 fully saturated rings. The summed E-state index contributed by atoms with van der Waals surface area (Å²) in [6.07, 6.45) is 0. The van der Waals surface area contributed by atoms with E-state index in [1.807, 2.05) is 42.5 Å². The molecule has 1 heterocycles. The maximum absolute atomic E-state index is 12.9. The van der Waals surface area contributed by atoms with Crippen molar-refractivity contribution in [2.24, 2.45) is 0 Å². The molecule has 5 rings (SSSR count). The largest absolute Gasteiger partial charge is 0.382 e. The molecule has 1 aromatic heterocycles. The number of fused-ring (bicyclic) bond motifs is 2. The third kappa shape index (κ3) is 3.29. The zero-order valence-corrected chi connectivity index (χ0v) is 16.7. The van der Waals surface area contributed by atoms with E-state index >= 15 is 0 Å². The Labute approximate surface area is 181 Å². The molecule has 4 N–H and O–H groups in total. The van der Waals surface area contributed by atoms with Crippen LogP contribution in [-0.4, -0.2) is 21.0 Å². The number of amides is 1. The Morgan fingerprint density at radius 3 is 2.66 bits per heavy atom. The van der Waals surface area contributed by atoms with Crippen molar-refractivity contribution in [3.8, 4) is 11.1 Å². The smallest absolute Gasteiger partial charge is 0.271 e. The fraction of sp³-hybridized carbons (Fsp3) is 0. The summed E-state index contributed by atoms with van der Waals surface area (Å²) in [5.74, 6) is 0.0887. The van der Waals surface area contributed by atoms with Gasteiger partial charge in [0, 0.05) is 23.4 Å². The van der Waals surface area contributed by atoms with Gasteiger partial charge in [-0.3, -0.25) is 20.0 Å². The standard InChI is InChI=1S/C24H17N5O3/c25-23-22-19(7-3-9-21(22)27-28-23)15-10-11-18-14(12-15)4-1-8-20(18)24(30)26-16-5-2-6-17(13-16)29(31)32/h1-13H,(H,26,30)(H3,25,27,28). The van der Waals surface area contributed by atoms with Gasteiger partial charge >= 0.3 is 0 Å². The average Bonchev–Trinajstić information content (AvgIpc) is 3.19. The summed E-state index contributed by atoms with van der Waals surface area (Å²) >= 11 is 0. The van der Waals surface area contributed by atoms with Crippen molar-refractivity contribution in [1.82, 2.24) is 10.2 Å². The summed E-state index contributed by atoms with van der Waals surface area (Å²) in [4.78, 5) is 23.4. The minimum absolute atomic E-state index is 0.0851. The van der Waals surface area contributed by atoms with Crippen molar-refractivity contribution in [2.45, 2.75) is 0 Å². The number of nitrogens with one attached hydrogen (secondary N) is 2. The minimum Gasteiger partial charge on any atom is -0.382 e. The number of H-pyrrole nitrogens is 1. The van der Waals surface area contributed by atoms with Crippen LogP contribution in [0.1, 0.15) is 10.4 Å². The van der Waals surface area contributed by atoms with Crippen molar-refractivity contribution in [1.29, 1.82) is 0 Å². The second kappa shape index (κ2) is 7.51. The number of nitro groups is 1. The van der Waals surface area contributed by atoms with Crippen molar-refractivity contribution in [2.75, 3.05) is 11.1 Å². The summed E-state index contributed by atoms with van der Waals surface area (Å²) in [5, 5.41) is 23.3. The van der Waals surface area contributed by atoms with Gasteiger partial charge in [-0.1, -0.05) is 42.5 Å². The van der Waals surface area contributed by atoms with E-state index in [4.69, 9.17) is 5.73 Å². The molecule has 1 amide bonds. The summed E-state index contributed by atoms with van der Waals surface area (Å²) in [6.45, 7) is 0. The van der Waals surface area contributed by atoms with E-state index in [2.05, 4.69) is 15.5 Å². The van der Waals surface area contributed by atoms with E-state index in [1.165, 1.54) is 18.2 Å². The molecule has 0 atom stereocenters. The van der Waals surface area contributed by atoms with Crippen LogP contribution in [0.5, 0.6) is 0 Å². The number of carbonyl (C=O) groups is 1. The molecule has 0 bridgehead atoms. The SMILES string of the molecule is Nc1n[nH]c2cccc(-c3ccc4c(C(=O)Nc5cccc([N+](=O)[O-])c5)cccc4c3)c12. The maximum atomic E-state index is 12.9. The molecular formula is C24H17N5O3. The zero-order valence-electron chi connectivity index (χ0n) is 16.7. The van der Waals surface area contributed by atoms with Gasteiger partial charge in [-0.25, -0.2) is 0 Å². The van der Waals surface area contributed by atoms with Crippen molar-refractivity contribution < 1.29 is 9.72 Å². The molecule has 0 radical (unpaired) electrons. The summed E-state index contributed by atoms with van der Waals surface area (Å²) < 4.78 is 0. The van der Waals surface area contributed by atoms with Crippen LogP contribution in [0.2, 0.25) is 0 Å². The number of benzene rings is 4. The molecule has 0 spiro atoms. The second-order valence-electron chi connectivity index (χ2n) is 7.34. The van der Waals surface area contributed by atoms with Gasteiger partial charge in [0.2, 0.25) is 0 Å². The van der Waals surface area contributed by atoms with Gasteiger partial charge in [-0.15, -0.1) is 0 Å². The molecule has 0 saturated carbocycles. The predicted molar refractivity (Wildman–Crippen MR) is 124 cm³/mol. The van der Waals surface area contributed by atoms with Crippen LogP contribution >= 0.6 is 0 Å². The Kier molecular flexibility index (Phi) is 4.52. The summed E-state index contributed by atoms with van der Waals surface area (Å²) in [7, 11) is 0. The Hall–Kier alpha value is -4.72. The molecule has 0 aliphatic heterocycles. The monoisotopic (exact) mass is 423 g/mol. The third-order valence-corrected chi connectivity index (χ3v) is 5.37. The normalized spacial score (nSPS) is 11.0. The van der Waals surface area contributed by atoms with Crippen LogP contribution in [0.4, 0.5) is 17.2 Å². The van der Waals surface area contributed by atoms with Crippen LogP contribution in [0.25, 0.3) is 32.8 Å². The lowest BCUT2D eigenvalue weighted by Crippen LogP contribution is -2.12. The molecular weight excluding hydrogens is 406 g/mol. The van der Waals surface area contributed by atoms with Crippen LogP contribution in [0.15, 0.2) is 78.9 Å². The molecule has 8 heteroatoms. The first-order valence-corrected chi connectivity index (χ1v) is 9.83. The first-order valence-electron chi connectivity index (χ1n) is 9.83. The van der Waals surface area contributed by atoms with Crippen LogP contribution < -0.4 is 11.1 Å². The number of nitrogen functional groups attached to an aromatic ring is 1. The molecule has 4 aromatic carbocycles. The minimum atomic E-state index is -0.498. The third-order valence-electron chi connectivity index (χ3n) is 5.37. The highest BCUT2D eigenvalue weighted by Crippen LogP contribution is 2.33. The molecule has 5 aromatic rings. The molecule has 156 valence electrons. The molecule has 8 nitrogen and oxygen atoms in total. The highest BCUT2D eigenvalue weighted by Gasteiger charge is 2.14. The number of non-ortho nitro benzene ring substituents is 1. The van der Waals surface area contributed by atoms with Gasteiger partial charge in [0.15, 0.2) is 5.82 Å². The Morgan fingerprint density at radius 1 is 1.00 bits per heavy atom. The number of hydrogen-bond donors (Lipinski definition) is 3. The van der Waals surface area contributed by atoms with Gasteiger partial charge in [0.25, 0.3) is 11.6 Å². The number of nitrogens with two attached hydrogens (primary N) is 1.